The molecular weight excluding hydrogens is 257 g/mol. The Morgan fingerprint density at radius 1 is 1.00 bits per heavy atom. The van der Waals surface area contributed by atoms with E-state index in [0.29, 0.717) is 12.0 Å². The fourth-order valence-corrected chi connectivity index (χ4v) is 2.03. The van der Waals surface area contributed by atoms with Gasteiger partial charge in [0, 0.05) is 5.56 Å². The Morgan fingerprint density at radius 3 is 2.40 bits per heavy atom. The largest absolute Gasteiger partial charge is 0.296 e. The molecule has 2 aromatic carbocycles. The zero-order valence-corrected chi connectivity index (χ0v) is 10.4. The van der Waals surface area contributed by atoms with Crippen molar-refractivity contribution >= 4 is 6.29 Å². The molecule has 5 heteroatoms. The van der Waals surface area contributed by atoms with Gasteiger partial charge >= 0.3 is 0 Å². The Hall–Kier alpha value is -2.82. The van der Waals surface area contributed by atoms with Gasteiger partial charge in [0.25, 0.3) is 0 Å². The summed E-state index contributed by atoms with van der Waals surface area (Å²) in [6.45, 7) is 0. The monoisotopic (exact) mass is 267 g/mol. The van der Waals surface area contributed by atoms with Gasteiger partial charge in [-0.15, -0.1) is 5.10 Å². The highest BCUT2D eigenvalue weighted by molar-refractivity contribution is 5.83. The van der Waals surface area contributed by atoms with E-state index in [4.69, 9.17) is 0 Å². The lowest BCUT2D eigenvalue weighted by Crippen LogP contribution is -2.02. The molecule has 0 atom stereocenters. The van der Waals surface area contributed by atoms with Gasteiger partial charge in [0.05, 0.1) is 0 Å². The van der Waals surface area contributed by atoms with Gasteiger partial charge in [0.1, 0.15) is 17.2 Å². The molecule has 1 aromatic heterocycles. The predicted octanol–water partition coefficient (Wildman–Crippen LogP) is 2.89. The topological polar surface area (TPSA) is 47.8 Å². The summed E-state index contributed by atoms with van der Waals surface area (Å²) in [5, 5.41) is 7.70. The SMILES string of the molecule is O=Cc1nnn(-c2ccccc2F)c1-c1ccccc1. The number of carbonyl (C=O) groups excluding carboxylic acids is 1. The Morgan fingerprint density at radius 2 is 1.70 bits per heavy atom. The predicted molar refractivity (Wildman–Crippen MR) is 72.1 cm³/mol. The number of aromatic nitrogens is 3. The first-order valence-electron chi connectivity index (χ1n) is 6.02. The van der Waals surface area contributed by atoms with Gasteiger partial charge in [-0.2, -0.15) is 0 Å². The molecule has 0 saturated heterocycles. The molecule has 0 saturated carbocycles. The van der Waals surface area contributed by atoms with Crippen LogP contribution < -0.4 is 0 Å². The van der Waals surface area contributed by atoms with Crippen molar-refractivity contribution in [3.05, 3.63) is 66.1 Å². The van der Waals surface area contributed by atoms with Crippen LogP contribution in [-0.4, -0.2) is 21.3 Å². The molecule has 3 rings (SSSR count). The highest BCUT2D eigenvalue weighted by Crippen LogP contribution is 2.25. The van der Waals surface area contributed by atoms with Gasteiger partial charge < -0.3 is 0 Å². The summed E-state index contributed by atoms with van der Waals surface area (Å²) in [6.07, 6.45) is 0.618. The van der Waals surface area contributed by atoms with Crippen LogP contribution in [0.5, 0.6) is 0 Å². The Balaban J connectivity index is 2.26. The Labute approximate surface area is 114 Å². The van der Waals surface area contributed by atoms with Gasteiger partial charge in [-0.05, 0) is 12.1 Å². The number of para-hydroxylation sites is 1. The van der Waals surface area contributed by atoms with E-state index in [1.54, 1.807) is 18.2 Å². The molecule has 0 fully saturated rings. The molecule has 98 valence electrons. The van der Waals surface area contributed by atoms with E-state index in [1.165, 1.54) is 10.7 Å². The normalized spacial score (nSPS) is 10.4. The molecule has 0 bridgehead atoms. The number of rotatable bonds is 3. The second kappa shape index (κ2) is 5.05. The number of nitrogens with zero attached hydrogens (tertiary/aromatic N) is 3. The van der Waals surface area contributed by atoms with E-state index in [1.807, 2.05) is 30.3 Å². The van der Waals surface area contributed by atoms with Crippen molar-refractivity contribution in [2.24, 2.45) is 0 Å². The van der Waals surface area contributed by atoms with Crippen LogP contribution in [0, 0.1) is 5.82 Å². The first-order valence-corrected chi connectivity index (χ1v) is 6.02. The van der Waals surface area contributed by atoms with Gasteiger partial charge in [0.2, 0.25) is 0 Å². The molecular formula is C15H10FN3O. The zero-order valence-electron chi connectivity index (χ0n) is 10.4. The summed E-state index contributed by atoms with van der Waals surface area (Å²) in [4.78, 5) is 11.1. The third-order valence-electron chi connectivity index (χ3n) is 2.94. The van der Waals surface area contributed by atoms with E-state index in [2.05, 4.69) is 10.3 Å². The van der Waals surface area contributed by atoms with Crippen molar-refractivity contribution in [2.75, 3.05) is 0 Å². The van der Waals surface area contributed by atoms with Crippen LogP contribution >= 0.6 is 0 Å². The standard InChI is InChI=1S/C15H10FN3O/c16-12-8-4-5-9-14(12)19-15(13(10-20)17-18-19)11-6-2-1-3-7-11/h1-10H. The van der Waals surface area contributed by atoms with Crippen LogP contribution in [0.3, 0.4) is 0 Å². The van der Waals surface area contributed by atoms with Crippen molar-refractivity contribution in [3.63, 3.8) is 0 Å². The molecule has 0 aliphatic carbocycles. The van der Waals surface area contributed by atoms with Crippen molar-refractivity contribution in [2.45, 2.75) is 0 Å². The number of aldehydes is 1. The summed E-state index contributed by atoms with van der Waals surface area (Å²) in [7, 11) is 0. The molecule has 4 nitrogen and oxygen atoms in total. The zero-order chi connectivity index (χ0) is 13.9. The van der Waals surface area contributed by atoms with Crippen LogP contribution in [0.2, 0.25) is 0 Å². The van der Waals surface area contributed by atoms with E-state index in [-0.39, 0.29) is 11.4 Å². The average molecular weight is 267 g/mol. The summed E-state index contributed by atoms with van der Waals surface area (Å²) < 4.78 is 15.2. The lowest BCUT2D eigenvalue weighted by molar-refractivity contribution is 0.111. The van der Waals surface area contributed by atoms with E-state index < -0.39 is 5.82 Å². The number of benzene rings is 2. The lowest BCUT2D eigenvalue weighted by Gasteiger charge is -2.07. The molecule has 20 heavy (non-hydrogen) atoms. The van der Waals surface area contributed by atoms with E-state index >= 15 is 0 Å². The summed E-state index contributed by atoms with van der Waals surface area (Å²) in [5.41, 5.74) is 1.67. The molecule has 1 heterocycles. The number of hydrogen-bond donors (Lipinski definition) is 0. The van der Waals surface area contributed by atoms with E-state index in [0.717, 1.165) is 5.56 Å². The number of carbonyl (C=O) groups is 1. The molecule has 0 aliphatic heterocycles. The Kier molecular flexibility index (Phi) is 3.09. The van der Waals surface area contributed by atoms with Crippen LogP contribution in [0.15, 0.2) is 54.6 Å². The summed E-state index contributed by atoms with van der Waals surface area (Å²) in [6, 6.07) is 15.4. The summed E-state index contributed by atoms with van der Waals surface area (Å²) >= 11 is 0. The molecule has 0 radical (unpaired) electrons. The van der Waals surface area contributed by atoms with Crippen molar-refractivity contribution in [1.82, 2.24) is 15.0 Å². The van der Waals surface area contributed by atoms with Gasteiger partial charge in [-0.3, -0.25) is 4.79 Å². The fraction of sp³-hybridized carbons (Fsp3) is 0. The van der Waals surface area contributed by atoms with Crippen molar-refractivity contribution < 1.29 is 9.18 Å². The average Bonchev–Trinajstić information content (AvgIpc) is 2.92. The van der Waals surface area contributed by atoms with Crippen LogP contribution in [0.1, 0.15) is 10.5 Å². The minimum atomic E-state index is -0.424. The van der Waals surface area contributed by atoms with Crippen molar-refractivity contribution in [3.8, 4) is 16.9 Å². The summed E-state index contributed by atoms with van der Waals surface area (Å²) in [5.74, 6) is -0.424. The molecule has 0 unspecified atom stereocenters. The second-order valence-electron chi connectivity index (χ2n) is 4.17. The maximum Gasteiger partial charge on any atom is 0.172 e. The van der Waals surface area contributed by atoms with E-state index in [9.17, 15) is 9.18 Å². The molecule has 0 spiro atoms. The molecule has 0 amide bonds. The second-order valence-corrected chi connectivity index (χ2v) is 4.17. The first-order chi connectivity index (χ1) is 9.81. The lowest BCUT2D eigenvalue weighted by atomic mass is 10.1. The maximum absolute atomic E-state index is 13.9. The highest BCUT2D eigenvalue weighted by Gasteiger charge is 2.17. The third-order valence-corrected chi connectivity index (χ3v) is 2.94. The van der Waals surface area contributed by atoms with Crippen LogP contribution in [0.4, 0.5) is 4.39 Å². The first kappa shape index (κ1) is 12.2. The number of halogens is 1. The molecule has 0 N–H and O–H groups in total. The third kappa shape index (κ3) is 1.99. The maximum atomic E-state index is 13.9. The molecule has 3 aromatic rings. The minimum Gasteiger partial charge on any atom is -0.296 e. The minimum absolute atomic E-state index is 0.180. The van der Waals surface area contributed by atoms with Gasteiger partial charge in [-0.1, -0.05) is 47.7 Å². The van der Waals surface area contributed by atoms with Crippen molar-refractivity contribution in [1.29, 1.82) is 0 Å². The fourth-order valence-electron chi connectivity index (χ4n) is 2.03. The van der Waals surface area contributed by atoms with Crippen LogP contribution in [0.25, 0.3) is 16.9 Å². The highest BCUT2D eigenvalue weighted by atomic mass is 19.1. The van der Waals surface area contributed by atoms with Gasteiger partial charge in [-0.25, -0.2) is 9.07 Å². The van der Waals surface area contributed by atoms with Crippen LogP contribution in [-0.2, 0) is 0 Å². The smallest absolute Gasteiger partial charge is 0.172 e. The number of hydrogen-bond acceptors (Lipinski definition) is 3. The molecule has 0 aliphatic rings. The van der Waals surface area contributed by atoms with Gasteiger partial charge in [0.15, 0.2) is 12.0 Å². The quantitative estimate of drug-likeness (QED) is 0.685. The Bertz CT molecular complexity index is 753.